The number of H-pyrrole nitrogens is 1. The fourth-order valence-electron chi connectivity index (χ4n) is 3.52. The van der Waals surface area contributed by atoms with E-state index in [-0.39, 0.29) is 25.2 Å². The van der Waals surface area contributed by atoms with Crippen molar-refractivity contribution in [1.29, 1.82) is 0 Å². The first-order valence-electron chi connectivity index (χ1n) is 10.6. The Morgan fingerprint density at radius 3 is 2.15 bits per heavy atom. The lowest BCUT2D eigenvalue weighted by atomic mass is 10.1. The third kappa shape index (κ3) is 5.43. The zero-order chi connectivity index (χ0) is 23.0. The number of anilines is 1. The van der Waals surface area contributed by atoms with Gasteiger partial charge in [0.25, 0.3) is 5.91 Å². The molecule has 0 aliphatic heterocycles. The maximum absolute atomic E-state index is 12.7. The number of carbonyl (C=O) groups excluding carboxylic acids is 1. The van der Waals surface area contributed by atoms with Gasteiger partial charge in [0, 0.05) is 17.8 Å². The van der Waals surface area contributed by atoms with Crippen LogP contribution in [0, 0.1) is 0 Å². The highest BCUT2D eigenvalue weighted by Crippen LogP contribution is 2.23. The second kappa shape index (κ2) is 10.5. The summed E-state index contributed by atoms with van der Waals surface area (Å²) >= 11 is 0. The molecule has 0 bridgehead atoms. The highest BCUT2D eigenvalue weighted by Gasteiger charge is 2.17. The van der Waals surface area contributed by atoms with Crippen molar-refractivity contribution in [2.75, 3.05) is 18.5 Å². The molecule has 5 N–H and O–H groups in total. The Labute approximate surface area is 191 Å². The van der Waals surface area contributed by atoms with Gasteiger partial charge in [0.05, 0.1) is 31.0 Å². The maximum atomic E-state index is 12.7. The highest BCUT2D eigenvalue weighted by atomic mass is 16.3. The molecule has 8 nitrogen and oxygen atoms in total. The van der Waals surface area contributed by atoms with Crippen molar-refractivity contribution in [3.8, 4) is 11.3 Å². The number of rotatable bonds is 9. The second-order valence-electron chi connectivity index (χ2n) is 7.50. The first-order valence-corrected chi connectivity index (χ1v) is 10.6. The van der Waals surface area contributed by atoms with E-state index >= 15 is 0 Å². The van der Waals surface area contributed by atoms with E-state index in [1.807, 2.05) is 60.7 Å². The van der Waals surface area contributed by atoms with Gasteiger partial charge in [-0.05, 0) is 17.2 Å². The number of aromatic nitrogens is 3. The van der Waals surface area contributed by atoms with Crippen LogP contribution >= 0.6 is 0 Å². The predicted octanol–water partition coefficient (Wildman–Crippen LogP) is 3.08. The molecule has 168 valence electrons. The fraction of sp³-hybridized carbons (Fsp3) is 0.160. The van der Waals surface area contributed by atoms with Gasteiger partial charge >= 0.3 is 0 Å². The van der Waals surface area contributed by atoms with Gasteiger partial charge in [0.2, 0.25) is 0 Å². The van der Waals surface area contributed by atoms with Crippen LogP contribution in [0.2, 0.25) is 0 Å². The first-order chi connectivity index (χ1) is 16.2. The molecule has 0 radical (unpaired) electrons. The van der Waals surface area contributed by atoms with Crippen LogP contribution in [0.4, 0.5) is 5.82 Å². The standard InChI is InChI=1S/C25H25N5O3/c31-14-22(17-7-3-1-4-8-17)29-24-12-20(27-16-28-24)19-11-21(26-13-19)25(33)30-23(15-32)18-9-5-2-6-10-18/h1-13,16,22-23,26,31-32H,14-15H2,(H,30,33)(H,27,28,29). The minimum atomic E-state index is -0.506. The van der Waals surface area contributed by atoms with E-state index in [1.165, 1.54) is 6.33 Å². The number of benzene rings is 2. The highest BCUT2D eigenvalue weighted by molar-refractivity contribution is 5.94. The number of carbonyl (C=O) groups is 1. The van der Waals surface area contributed by atoms with Crippen molar-refractivity contribution in [2.45, 2.75) is 12.1 Å². The normalized spacial score (nSPS) is 12.7. The Morgan fingerprint density at radius 1 is 0.879 bits per heavy atom. The third-order valence-electron chi connectivity index (χ3n) is 5.29. The van der Waals surface area contributed by atoms with Gasteiger partial charge in [-0.2, -0.15) is 0 Å². The van der Waals surface area contributed by atoms with Crippen molar-refractivity contribution in [1.82, 2.24) is 20.3 Å². The second-order valence-corrected chi connectivity index (χ2v) is 7.50. The quantitative estimate of drug-likeness (QED) is 0.271. The van der Waals surface area contributed by atoms with Crippen LogP contribution < -0.4 is 10.6 Å². The van der Waals surface area contributed by atoms with Crippen LogP contribution in [-0.4, -0.2) is 44.3 Å². The molecule has 0 saturated heterocycles. The molecule has 8 heteroatoms. The Kier molecular flexibility index (Phi) is 7.09. The van der Waals surface area contributed by atoms with E-state index in [0.29, 0.717) is 22.8 Å². The summed E-state index contributed by atoms with van der Waals surface area (Å²) in [6.07, 6.45) is 3.12. The summed E-state index contributed by atoms with van der Waals surface area (Å²) in [5, 5.41) is 25.5. The molecule has 4 rings (SSSR count). The Bertz CT molecular complexity index is 1180. The van der Waals surface area contributed by atoms with Gasteiger partial charge in [0.15, 0.2) is 0 Å². The van der Waals surface area contributed by atoms with Gasteiger partial charge in [-0.1, -0.05) is 60.7 Å². The van der Waals surface area contributed by atoms with E-state index in [1.54, 1.807) is 18.3 Å². The summed E-state index contributed by atoms with van der Waals surface area (Å²) < 4.78 is 0. The zero-order valence-electron chi connectivity index (χ0n) is 17.8. The lowest BCUT2D eigenvalue weighted by Crippen LogP contribution is -2.30. The van der Waals surface area contributed by atoms with Crippen LogP contribution in [0.1, 0.15) is 33.7 Å². The van der Waals surface area contributed by atoms with Gasteiger partial charge in [-0.25, -0.2) is 9.97 Å². The van der Waals surface area contributed by atoms with Crippen LogP contribution in [0.5, 0.6) is 0 Å². The number of nitrogens with one attached hydrogen (secondary N) is 3. The van der Waals surface area contributed by atoms with E-state index in [0.717, 1.165) is 11.1 Å². The van der Waals surface area contributed by atoms with Crippen molar-refractivity contribution < 1.29 is 15.0 Å². The molecule has 0 aliphatic carbocycles. The molecule has 0 fully saturated rings. The van der Waals surface area contributed by atoms with Gasteiger partial charge in [-0.3, -0.25) is 4.79 Å². The van der Waals surface area contributed by atoms with Crippen LogP contribution in [0.15, 0.2) is 85.3 Å². The van der Waals surface area contributed by atoms with Gasteiger partial charge in [-0.15, -0.1) is 0 Å². The summed E-state index contributed by atoms with van der Waals surface area (Å²) in [5.41, 5.74) is 3.45. The van der Waals surface area contributed by atoms with Crippen molar-refractivity contribution in [3.05, 3.63) is 102 Å². The molecule has 1 amide bonds. The smallest absolute Gasteiger partial charge is 0.268 e. The maximum Gasteiger partial charge on any atom is 0.268 e. The molecule has 0 spiro atoms. The van der Waals surface area contributed by atoms with Crippen LogP contribution in [0.25, 0.3) is 11.3 Å². The lowest BCUT2D eigenvalue weighted by Gasteiger charge is -2.17. The minimum Gasteiger partial charge on any atom is -0.394 e. The molecule has 0 saturated carbocycles. The van der Waals surface area contributed by atoms with Crippen LogP contribution in [0.3, 0.4) is 0 Å². The van der Waals surface area contributed by atoms with Crippen molar-refractivity contribution in [3.63, 3.8) is 0 Å². The topological polar surface area (TPSA) is 123 Å². The van der Waals surface area contributed by atoms with E-state index in [9.17, 15) is 15.0 Å². The molecule has 2 aromatic carbocycles. The van der Waals surface area contributed by atoms with Gasteiger partial charge in [0.1, 0.15) is 17.8 Å². The molecule has 33 heavy (non-hydrogen) atoms. The minimum absolute atomic E-state index is 0.0920. The summed E-state index contributed by atoms with van der Waals surface area (Å²) in [6, 6.07) is 21.6. The summed E-state index contributed by atoms with van der Waals surface area (Å²) in [7, 11) is 0. The predicted molar refractivity (Wildman–Crippen MR) is 125 cm³/mol. The van der Waals surface area contributed by atoms with Crippen LogP contribution in [-0.2, 0) is 0 Å². The number of aromatic amines is 1. The lowest BCUT2D eigenvalue weighted by molar-refractivity contribution is 0.0911. The summed E-state index contributed by atoms with van der Waals surface area (Å²) in [4.78, 5) is 24.2. The number of nitrogens with zero attached hydrogens (tertiary/aromatic N) is 2. The zero-order valence-corrected chi connectivity index (χ0v) is 17.8. The molecule has 0 aliphatic rings. The molecule has 2 aromatic heterocycles. The molecular weight excluding hydrogens is 418 g/mol. The average Bonchev–Trinajstić information content (AvgIpc) is 3.38. The Balaban J connectivity index is 1.47. The molecule has 2 heterocycles. The molecule has 2 atom stereocenters. The molecule has 4 aromatic rings. The summed E-state index contributed by atoms with van der Waals surface area (Å²) in [6.45, 7) is -0.303. The largest absolute Gasteiger partial charge is 0.394 e. The molecule has 2 unspecified atom stereocenters. The first kappa shape index (κ1) is 22.2. The Hall–Kier alpha value is -4.01. The average molecular weight is 444 g/mol. The van der Waals surface area contributed by atoms with E-state index in [2.05, 4.69) is 25.6 Å². The van der Waals surface area contributed by atoms with E-state index in [4.69, 9.17) is 0 Å². The number of hydrogen-bond donors (Lipinski definition) is 5. The van der Waals surface area contributed by atoms with Crippen molar-refractivity contribution >= 4 is 11.7 Å². The fourth-order valence-corrected chi connectivity index (χ4v) is 3.52. The molecular formula is C25H25N5O3. The van der Waals surface area contributed by atoms with Crippen molar-refractivity contribution in [2.24, 2.45) is 0 Å². The Morgan fingerprint density at radius 2 is 1.52 bits per heavy atom. The number of hydrogen-bond acceptors (Lipinski definition) is 6. The number of aliphatic hydroxyl groups is 2. The number of aliphatic hydroxyl groups excluding tert-OH is 2. The van der Waals surface area contributed by atoms with E-state index < -0.39 is 6.04 Å². The monoisotopic (exact) mass is 443 g/mol. The SMILES string of the molecule is O=C(NC(CO)c1ccccc1)c1cc(-c2cc(NC(CO)c3ccccc3)ncn2)c[nH]1. The third-order valence-corrected chi connectivity index (χ3v) is 5.29. The number of amides is 1. The summed E-state index contributed by atoms with van der Waals surface area (Å²) in [5.74, 6) is 0.223. The van der Waals surface area contributed by atoms with Gasteiger partial charge < -0.3 is 25.8 Å².